The highest BCUT2D eigenvalue weighted by atomic mass is 16.7. The number of rotatable bonds is 0. The van der Waals surface area contributed by atoms with Crippen molar-refractivity contribution in [3.8, 4) is 0 Å². The van der Waals surface area contributed by atoms with E-state index in [0.29, 0.717) is 13.2 Å². The van der Waals surface area contributed by atoms with Gasteiger partial charge < -0.3 is 9.47 Å². The minimum atomic E-state index is -0.454. The zero-order valence-electron chi connectivity index (χ0n) is 3.39. The van der Waals surface area contributed by atoms with Crippen LogP contribution in [-0.2, 0) is 9.47 Å². The van der Waals surface area contributed by atoms with E-state index < -0.39 is 6.41 Å². The fraction of sp³-hybridized carbons (Fsp3) is 1.00. The topological polar surface area (TPSA) is 44.5 Å². The molecule has 2 N–H and O–H groups in total. The van der Waals surface area contributed by atoms with Crippen LogP contribution in [0.4, 0.5) is 0 Å². The van der Waals surface area contributed by atoms with Crippen LogP contribution in [0, 0.1) is 0 Å². The van der Waals surface area contributed by atoms with Crippen LogP contribution in [0.15, 0.2) is 0 Å². The van der Waals surface area contributed by atoms with Crippen molar-refractivity contribution in [2.24, 2.45) is 5.73 Å². The summed E-state index contributed by atoms with van der Waals surface area (Å²) in [5.41, 5.74) is 5.09. The van der Waals surface area contributed by atoms with E-state index in [4.69, 9.17) is 15.2 Å². The molecule has 0 spiro atoms. The van der Waals surface area contributed by atoms with Crippen LogP contribution < -0.4 is 5.73 Å². The summed E-state index contributed by atoms with van der Waals surface area (Å²) in [7, 11) is 0. The van der Waals surface area contributed by atoms with E-state index in [-0.39, 0.29) is 0 Å². The highest BCUT2D eigenvalue weighted by Gasteiger charge is 2.07. The lowest BCUT2D eigenvalue weighted by Gasteiger charge is -1.95. The van der Waals surface area contributed by atoms with Crippen LogP contribution in [0.5, 0.6) is 0 Å². The summed E-state index contributed by atoms with van der Waals surface area (Å²) in [4.78, 5) is 0. The average Bonchev–Trinajstić information content (AvgIpc) is 1.86. The Kier molecular flexibility index (Phi) is 1.05. The molecule has 0 aromatic heterocycles. The average molecular weight is 89.1 g/mol. The van der Waals surface area contributed by atoms with Crippen molar-refractivity contribution in [1.29, 1.82) is 0 Å². The Hall–Kier alpha value is -0.120. The van der Waals surface area contributed by atoms with Crippen LogP contribution in [0.3, 0.4) is 0 Å². The van der Waals surface area contributed by atoms with Gasteiger partial charge >= 0.3 is 0 Å². The maximum Gasteiger partial charge on any atom is 0.213 e. The molecular formula is C3H7NO2. The van der Waals surface area contributed by atoms with Crippen LogP contribution >= 0.6 is 0 Å². The minimum Gasteiger partial charge on any atom is -0.338 e. The lowest BCUT2D eigenvalue weighted by atomic mass is 10.8. The van der Waals surface area contributed by atoms with Crippen molar-refractivity contribution >= 4 is 0 Å². The molecule has 0 bridgehead atoms. The molecule has 0 atom stereocenters. The van der Waals surface area contributed by atoms with Crippen molar-refractivity contribution in [1.82, 2.24) is 0 Å². The number of ether oxygens (including phenoxy) is 2. The van der Waals surface area contributed by atoms with E-state index in [0.717, 1.165) is 0 Å². The van der Waals surface area contributed by atoms with Crippen molar-refractivity contribution in [3.63, 3.8) is 0 Å². The first-order valence-electron chi connectivity index (χ1n) is 1.88. The predicted octanol–water partition coefficient (Wildman–Crippen LogP) is -0.725. The van der Waals surface area contributed by atoms with E-state index in [2.05, 4.69) is 0 Å². The zero-order valence-corrected chi connectivity index (χ0v) is 3.39. The summed E-state index contributed by atoms with van der Waals surface area (Å²) in [6, 6.07) is 0. The van der Waals surface area contributed by atoms with Gasteiger partial charge in [-0.1, -0.05) is 0 Å². The second kappa shape index (κ2) is 1.55. The van der Waals surface area contributed by atoms with E-state index in [9.17, 15) is 0 Å². The predicted molar refractivity (Wildman–Crippen MR) is 19.9 cm³/mol. The Labute approximate surface area is 36.0 Å². The molecule has 0 aliphatic carbocycles. The van der Waals surface area contributed by atoms with Crippen molar-refractivity contribution < 1.29 is 9.47 Å². The molecule has 1 aliphatic rings. The standard InChI is InChI=1S/C3H7NO2/c4-3-5-1-2-6-3/h3H,1-2,4H2. The molecule has 36 valence electrons. The molecule has 1 aliphatic heterocycles. The third kappa shape index (κ3) is 0.680. The van der Waals surface area contributed by atoms with Gasteiger partial charge in [0, 0.05) is 0 Å². The van der Waals surface area contributed by atoms with Gasteiger partial charge in [0.25, 0.3) is 0 Å². The number of hydrogen-bond donors (Lipinski definition) is 1. The Bertz CT molecular complexity index is 42.1. The summed E-state index contributed by atoms with van der Waals surface area (Å²) in [5, 5.41) is 0. The monoisotopic (exact) mass is 89.0 g/mol. The van der Waals surface area contributed by atoms with Crippen LogP contribution in [0.25, 0.3) is 0 Å². The van der Waals surface area contributed by atoms with Crippen LogP contribution in [0.1, 0.15) is 0 Å². The summed E-state index contributed by atoms with van der Waals surface area (Å²) in [5.74, 6) is 0. The molecule has 0 unspecified atom stereocenters. The Morgan fingerprint density at radius 2 is 1.83 bits per heavy atom. The van der Waals surface area contributed by atoms with Gasteiger partial charge in [0.15, 0.2) is 0 Å². The third-order valence-electron chi connectivity index (χ3n) is 0.648. The van der Waals surface area contributed by atoms with Gasteiger partial charge in [-0.3, -0.25) is 5.73 Å². The second-order valence-electron chi connectivity index (χ2n) is 1.11. The van der Waals surface area contributed by atoms with Crippen LogP contribution in [-0.4, -0.2) is 19.6 Å². The normalized spacial score (nSPS) is 25.5. The van der Waals surface area contributed by atoms with Gasteiger partial charge in [-0.15, -0.1) is 0 Å². The van der Waals surface area contributed by atoms with Crippen molar-refractivity contribution in [2.75, 3.05) is 13.2 Å². The number of hydrogen-bond acceptors (Lipinski definition) is 3. The Morgan fingerprint density at radius 3 is 2.00 bits per heavy atom. The molecule has 1 fully saturated rings. The summed E-state index contributed by atoms with van der Waals surface area (Å²) < 4.78 is 9.42. The molecule has 3 nitrogen and oxygen atoms in total. The Balaban J connectivity index is 2.18. The molecule has 0 saturated carbocycles. The van der Waals surface area contributed by atoms with Gasteiger partial charge in [0.05, 0.1) is 13.2 Å². The van der Waals surface area contributed by atoms with Gasteiger partial charge in [-0.2, -0.15) is 0 Å². The molecular weight excluding hydrogens is 82.0 g/mol. The summed E-state index contributed by atoms with van der Waals surface area (Å²) >= 11 is 0. The SMILES string of the molecule is NC1OCCO1. The van der Waals surface area contributed by atoms with Gasteiger partial charge in [-0.25, -0.2) is 0 Å². The van der Waals surface area contributed by atoms with Gasteiger partial charge in [0.2, 0.25) is 6.41 Å². The van der Waals surface area contributed by atoms with E-state index >= 15 is 0 Å². The number of nitrogens with two attached hydrogens (primary N) is 1. The fourth-order valence-corrected chi connectivity index (χ4v) is 0.377. The molecule has 3 heteroatoms. The molecule has 0 aromatic rings. The summed E-state index contributed by atoms with van der Waals surface area (Å²) in [6.07, 6.45) is -0.454. The quantitative estimate of drug-likeness (QED) is 0.425. The van der Waals surface area contributed by atoms with E-state index in [1.165, 1.54) is 0 Å². The first-order chi connectivity index (χ1) is 2.89. The van der Waals surface area contributed by atoms with Gasteiger partial charge in [0.1, 0.15) is 0 Å². The first kappa shape index (κ1) is 4.05. The molecule has 1 heterocycles. The highest BCUT2D eigenvalue weighted by molar-refractivity contribution is 4.38. The summed E-state index contributed by atoms with van der Waals surface area (Å²) in [6.45, 7) is 1.28. The molecule has 6 heavy (non-hydrogen) atoms. The fourth-order valence-electron chi connectivity index (χ4n) is 0.377. The van der Waals surface area contributed by atoms with Gasteiger partial charge in [-0.05, 0) is 0 Å². The molecule has 1 saturated heterocycles. The van der Waals surface area contributed by atoms with E-state index in [1.54, 1.807) is 0 Å². The molecule has 0 radical (unpaired) electrons. The molecule has 1 rings (SSSR count). The maximum absolute atomic E-state index is 5.09. The van der Waals surface area contributed by atoms with Crippen molar-refractivity contribution in [3.05, 3.63) is 0 Å². The maximum atomic E-state index is 5.09. The lowest BCUT2D eigenvalue weighted by Crippen LogP contribution is -2.18. The third-order valence-corrected chi connectivity index (χ3v) is 0.648. The molecule has 0 amide bonds. The zero-order chi connectivity index (χ0) is 4.41. The Morgan fingerprint density at radius 1 is 1.33 bits per heavy atom. The lowest BCUT2D eigenvalue weighted by molar-refractivity contribution is -0.0354. The largest absolute Gasteiger partial charge is 0.338 e. The molecule has 0 aromatic carbocycles. The minimum absolute atomic E-state index is 0.454. The van der Waals surface area contributed by atoms with E-state index in [1.807, 2.05) is 0 Å². The van der Waals surface area contributed by atoms with Crippen molar-refractivity contribution in [2.45, 2.75) is 6.41 Å². The van der Waals surface area contributed by atoms with Crippen LogP contribution in [0.2, 0.25) is 0 Å². The second-order valence-corrected chi connectivity index (χ2v) is 1.11. The highest BCUT2D eigenvalue weighted by Crippen LogP contribution is 1.93. The smallest absolute Gasteiger partial charge is 0.213 e. The first-order valence-corrected chi connectivity index (χ1v) is 1.88.